The van der Waals surface area contributed by atoms with Gasteiger partial charge in [-0.2, -0.15) is 0 Å². The van der Waals surface area contributed by atoms with Crippen molar-refractivity contribution in [2.45, 2.75) is 13.8 Å². The molecule has 24 heavy (non-hydrogen) atoms. The van der Waals surface area contributed by atoms with Gasteiger partial charge in [0.15, 0.2) is 11.5 Å². The van der Waals surface area contributed by atoms with E-state index in [9.17, 15) is 0 Å². The molecule has 3 aliphatic rings. The van der Waals surface area contributed by atoms with Crippen LogP contribution in [0.3, 0.4) is 0 Å². The fraction of sp³-hybridized carbons (Fsp3) is 0.211. The van der Waals surface area contributed by atoms with Crippen molar-refractivity contribution in [2.24, 2.45) is 0 Å². The molecule has 122 valence electrons. The third kappa shape index (κ3) is 2.03. The third-order valence-corrected chi connectivity index (χ3v) is 4.43. The second-order valence-corrected chi connectivity index (χ2v) is 6.00. The Labute approximate surface area is 145 Å². The molecule has 1 aromatic heterocycles. The van der Waals surface area contributed by atoms with Gasteiger partial charge in [0.05, 0.1) is 16.8 Å². The van der Waals surface area contributed by atoms with Crippen LogP contribution in [-0.4, -0.2) is 18.2 Å². The van der Waals surface area contributed by atoms with E-state index < -0.39 is 0 Å². The molecule has 0 N–H and O–H groups in total. The molecule has 3 heterocycles. The molecule has 2 aromatic rings. The van der Waals surface area contributed by atoms with Crippen LogP contribution in [0.2, 0.25) is 0 Å². The average molecular weight is 342 g/mol. The summed E-state index contributed by atoms with van der Waals surface area (Å²) in [5, 5.41) is 2.17. The molecule has 0 atom stereocenters. The Morgan fingerprint density at radius 1 is 0.917 bits per heavy atom. The Kier molecular flexibility index (Phi) is 3.32. The van der Waals surface area contributed by atoms with Crippen LogP contribution >= 0.6 is 12.4 Å². The number of rotatable bonds is 0. The van der Waals surface area contributed by atoms with Crippen LogP contribution in [0.25, 0.3) is 33.1 Å². The minimum Gasteiger partial charge on any atom is -0.486 e. The molecule has 1 aliphatic carbocycles. The zero-order valence-corrected chi connectivity index (χ0v) is 14.2. The van der Waals surface area contributed by atoms with Gasteiger partial charge in [0.2, 0.25) is 0 Å². The van der Waals surface area contributed by atoms with Crippen molar-refractivity contribution in [3.63, 3.8) is 0 Å². The number of ether oxygens (including phenoxy) is 2. The Balaban J connectivity index is 0.00000146. The molecule has 0 saturated heterocycles. The third-order valence-electron chi connectivity index (χ3n) is 4.43. The molecule has 0 saturated carbocycles. The van der Waals surface area contributed by atoms with Crippen LogP contribution < -0.4 is 9.47 Å². The minimum atomic E-state index is 0. The van der Waals surface area contributed by atoms with Gasteiger partial charge in [-0.15, -0.1) is 12.4 Å². The second-order valence-electron chi connectivity index (χ2n) is 6.00. The normalized spacial score (nSPS) is 13.4. The molecule has 0 radical (unpaired) electrons. The summed E-state index contributed by atoms with van der Waals surface area (Å²) in [5.41, 5.74) is 4.94. The van der Waals surface area contributed by atoms with Crippen LogP contribution in [0.5, 0.6) is 11.5 Å². The standard InChI is InChI=1S/C19H15NO3.ClH/c1-10-3-4-14-18(19-12(10)7-11(2)23-19)13-8-16-17(9-15(13)20-14)22-6-5-21-16;/h3-4,7-9H,5-6H2,1-2H3;1H. The van der Waals surface area contributed by atoms with Crippen LogP contribution in [0.1, 0.15) is 11.3 Å². The second kappa shape index (κ2) is 5.28. The zero-order valence-electron chi connectivity index (χ0n) is 13.4. The highest BCUT2D eigenvalue weighted by Crippen LogP contribution is 2.43. The van der Waals surface area contributed by atoms with E-state index in [-0.39, 0.29) is 12.4 Å². The van der Waals surface area contributed by atoms with Crippen molar-refractivity contribution in [1.82, 2.24) is 4.98 Å². The lowest BCUT2D eigenvalue weighted by molar-refractivity contribution is 0.172. The molecule has 0 fully saturated rings. The molecule has 0 spiro atoms. The number of hydrogen-bond acceptors (Lipinski definition) is 4. The Morgan fingerprint density at radius 3 is 2.46 bits per heavy atom. The zero-order chi connectivity index (χ0) is 15.6. The summed E-state index contributed by atoms with van der Waals surface area (Å²) < 4.78 is 17.4. The maximum absolute atomic E-state index is 6.02. The number of fused-ring (bicyclic) bond motifs is 6. The van der Waals surface area contributed by atoms with Gasteiger partial charge in [-0.05, 0) is 37.6 Å². The van der Waals surface area contributed by atoms with E-state index in [1.54, 1.807) is 0 Å². The summed E-state index contributed by atoms with van der Waals surface area (Å²) in [5.74, 6) is 2.44. The van der Waals surface area contributed by atoms with Crippen molar-refractivity contribution < 1.29 is 13.9 Å². The van der Waals surface area contributed by atoms with Crippen LogP contribution in [0.4, 0.5) is 0 Å². The molecule has 4 nitrogen and oxygen atoms in total. The van der Waals surface area contributed by atoms with Gasteiger partial charge < -0.3 is 13.9 Å². The molecule has 5 rings (SSSR count). The van der Waals surface area contributed by atoms with E-state index in [1.807, 2.05) is 19.1 Å². The quantitative estimate of drug-likeness (QED) is 0.456. The first-order valence-electron chi connectivity index (χ1n) is 7.73. The first-order chi connectivity index (χ1) is 11.2. The first-order valence-corrected chi connectivity index (χ1v) is 7.73. The monoisotopic (exact) mass is 341 g/mol. The van der Waals surface area contributed by atoms with E-state index in [1.165, 1.54) is 5.56 Å². The maximum atomic E-state index is 6.02. The number of halogens is 1. The lowest BCUT2D eigenvalue weighted by Gasteiger charge is -2.17. The fourth-order valence-corrected chi connectivity index (χ4v) is 3.34. The van der Waals surface area contributed by atoms with Gasteiger partial charge >= 0.3 is 0 Å². The van der Waals surface area contributed by atoms with Crippen molar-refractivity contribution in [3.05, 3.63) is 41.7 Å². The van der Waals surface area contributed by atoms with E-state index >= 15 is 0 Å². The number of aromatic nitrogens is 1. The van der Waals surface area contributed by atoms with Gasteiger partial charge in [-0.3, -0.25) is 0 Å². The molecule has 1 aromatic carbocycles. The smallest absolute Gasteiger partial charge is 0.163 e. The van der Waals surface area contributed by atoms with Gasteiger partial charge in [-0.25, -0.2) is 4.98 Å². The predicted octanol–water partition coefficient (Wildman–Crippen LogP) is 4.90. The first kappa shape index (κ1) is 15.1. The highest BCUT2D eigenvalue weighted by atomic mass is 35.5. The molecule has 0 amide bonds. The number of nitrogens with zero attached hydrogens (tertiary/aromatic N) is 1. The maximum Gasteiger partial charge on any atom is 0.163 e. The Bertz CT molecular complexity index is 1050. The molecule has 0 unspecified atom stereocenters. The van der Waals surface area contributed by atoms with E-state index in [4.69, 9.17) is 18.9 Å². The Hall–Kier alpha value is -2.46. The number of furan rings is 1. The number of benzene rings is 1. The van der Waals surface area contributed by atoms with E-state index in [0.717, 1.165) is 50.4 Å². The highest BCUT2D eigenvalue weighted by molar-refractivity contribution is 6.09. The average Bonchev–Trinajstić information content (AvgIpc) is 3.06. The van der Waals surface area contributed by atoms with E-state index in [0.29, 0.717) is 13.2 Å². The van der Waals surface area contributed by atoms with Crippen LogP contribution in [0, 0.1) is 13.8 Å². The van der Waals surface area contributed by atoms with Gasteiger partial charge in [0.1, 0.15) is 24.6 Å². The Morgan fingerprint density at radius 2 is 1.67 bits per heavy atom. The van der Waals surface area contributed by atoms with Crippen molar-refractivity contribution in [2.75, 3.05) is 13.2 Å². The van der Waals surface area contributed by atoms with Gasteiger partial charge in [-0.1, -0.05) is 6.07 Å². The lowest BCUT2D eigenvalue weighted by Crippen LogP contribution is -2.15. The highest BCUT2D eigenvalue weighted by Gasteiger charge is 2.21. The lowest BCUT2D eigenvalue weighted by atomic mass is 10.1. The number of aryl methyl sites for hydroxylation is 2. The SMILES string of the molecule is Cc1cc2c(C)ccc3nc4cc5c(cc4c-3c2o1)OCCO5.Cl. The summed E-state index contributed by atoms with van der Waals surface area (Å²) in [6, 6.07) is 10.2. The van der Waals surface area contributed by atoms with Crippen LogP contribution in [0.15, 0.2) is 34.7 Å². The summed E-state index contributed by atoms with van der Waals surface area (Å²) >= 11 is 0. The van der Waals surface area contributed by atoms with Crippen molar-refractivity contribution >= 4 is 34.3 Å². The largest absolute Gasteiger partial charge is 0.486 e. The number of hydrogen-bond donors (Lipinski definition) is 0. The molecular formula is C19H16ClNO3. The van der Waals surface area contributed by atoms with E-state index in [2.05, 4.69) is 25.1 Å². The van der Waals surface area contributed by atoms with Crippen molar-refractivity contribution in [1.29, 1.82) is 0 Å². The molecule has 2 aliphatic heterocycles. The molecule has 5 heteroatoms. The summed E-state index contributed by atoms with van der Waals surface area (Å²) in [6.07, 6.45) is 0. The van der Waals surface area contributed by atoms with Crippen LogP contribution in [-0.2, 0) is 0 Å². The topological polar surface area (TPSA) is 44.5 Å². The summed E-state index contributed by atoms with van der Waals surface area (Å²) in [7, 11) is 0. The van der Waals surface area contributed by atoms with Gasteiger partial charge in [0, 0.05) is 16.8 Å². The molecule has 0 bridgehead atoms. The minimum absolute atomic E-state index is 0. The predicted molar refractivity (Wildman–Crippen MR) is 95.8 cm³/mol. The fourth-order valence-electron chi connectivity index (χ4n) is 3.34. The summed E-state index contributed by atoms with van der Waals surface area (Å²) in [6.45, 7) is 5.22. The van der Waals surface area contributed by atoms with Crippen molar-refractivity contribution in [3.8, 4) is 22.8 Å². The summed E-state index contributed by atoms with van der Waals surface area (Å²) in [4.78, 5) is 4.77. The van der Waals surface area contributed by atoms with Gasteiger partial charge in [0.25, 0.3) is 0 Å². The molecular weight excluding hydrogens is 326 g/mol.